The zero-order valence-corrected chi connectivity index (χ0v) is 10.4. The highest BCUT2D eigenvalue weighted by atomic mass is 32.1. The molecule has 0 spiro atoms. The number of hydrogen-bond donors (Lipinski definition) is 1. The van der Waals surface area contributed by atoms with Crippen molar-refractivity contribution < 1.29 is 5.11 Å². The van der Waals surface area contributed by atoms with Gasteiger partial charge >= 0.3 is 4.87 Å². The quantitative estimate of drug-likeness (QED) is 0.767. The molecule has 1 N–H and O–H groups in total. The van der Waals surface area contributed by atoms with E-state index in [0.29, 0.717) is 6.54 Å². The Bertz CT molecular complexity index is 743. The first-order chi connectivity index (χ1) is 8.74. The average Bonchev–Trinajstić information content (AvgIpc) is 2.66. The van der Waals surface area contributed by atoms with Crippen molar-refractivity contribution in [1.82, 2.24) is 4.57 Å². The highest BCUT2D eigenvalue weighted by molar-refractivity contribution is 7.16. The van der Waals surface area contributed by atoms with Gasteiger partial charge in [-0.05, 0) is 23.8 Å². The Morgan fingerprint density at radius 2 is 1.89 bits per heavy atom. The van der Waals surface area contributed by atoms with Crippen LogP contribution in [-0.2, 0) is 6.54 Å². The monoisotopic (exact) mass is 257 g/mol. The average molecular weight is 257 g/mol. The van der Waals surface area contributed by atoms with Crippen molar-refractivity contribution in [3.8, 4) is 5.75 Å². The summed E-state index contributed by atoms with van der Waals surface area (Å²) in [4.78, 5) is 12.0. The largest absolute Gasteiger partial charge is 0.508 e. The number of hydrogen-bond acceptors (Lipinski definition) is 3. The summed E-state index contributed by atoms with van der Waals surface area (Å²) in [5, 5.41) is 9.42. The normalized spacial score (nSPS) is 10.9. The predicted molar refractivity (Wildman–Crippen MR) is 73.3 cm³/mol. The second-order valence-corrected chi connectivity index (χ2v) is 5.08. The molecule has 0 fully saturated rings. The highest BCUT2D eigenvalue weighted by Gasteiger charge is 2.08. The van der Waals surface area contributed by atoms with Gasteiger partial charge in [-0.3, -0.25) is 9.36 Å². The smallest absolute Gasteiger partial charge is 0.308 e. The molecule has 0 aliphatic rings. The minimum Gasteiger partial charge on any atom is -0.508 e. The Labute approximate surface area is 108 Å². The van der Waals surface area contributed by atoms with E-state index in [2.05, 4.69) is 0 Å². The molecule has 0 bridgehead atoms. The number of phenols is 1. The molecule has 90 valence electrons. The molecule has 1 heterocycles. The first-order valence-electron chi connectivity index (χ1n) is 5.60. The molecule has 0 aliphatic carbocycles. The molecular weight excluding hydrogens is 246 g/mol. The van der Waals surface area contributed by atoms with E-state index in [-0.39, 0.29) is 10.6 Å². The molecule has 0 saturated heterocycles. The molecule has 0 saturated carbocycles. The van der Waals surface area contributed by atoms with Crippen LogP contribution in [0.15, 0.2) is 53.3 Å². The van der Waals surface area contributed by atoms with E-state index in [1.54, 1.807) is 22.8 Å². The Morgan fingerprint density at radius 1 is 1.11 bits per heavy atom. The fourth-order valence-corrected chi connectivity index (χ4v) is 2.89. The second-order valence-electron chi connectivity index (χ2n) is 4.09. The van der Waals surface area contributed by atoms with Crippen LogP contribution in [0.5, 0.6) is 5.75 Å². The SMILES string of the molecule is O=c1sc2cc(O)ccc2n1Cc1ccccc1. The molecule has 1 aromatic heterocycles. The standard InChI is InChI=1S/C14H11NO2S/c16-11-6-7-12-13(8-11)18-14(17)15(12)9-10-4-2-1-3-5-10/h1-8,16H,9H2. The highest BCUT2D eigenvalue weighted by Crippen LogP contribution is 2.22. The van der Waals surface area contributed by atoms with Crippen LogP contribution in [-0.4, -0.2) is 9.67 Å². The summed E-state index contributed by atoms with van der Waals surface area (Å²) in [5.74, 6) is 0.190. The third-order valence-electron chi connectivity index (χ3n) is 2.84. The Balaban J connectivity index is 2.12. The summed E-state index contributed by atoms with van der Waals surface area (Å²) in [6, 6.07) is 14.9. The number of phenolic OH excluding ortho intramolecular Hbond substituents is 1. The van der Waals surface area contributed by atoms with Crippen LogP contribution in [0.1, 0.15) is 5.56 Å². The van der Waals surface area contributed by atoms with Crippen LogP contribution in [0.4, 0.5) is 0 Å². The molecule has 18 heavy (non-hydrogen) atoms. The molecule has 0 amide bonds. The van der Waals surface area contributed by atoms with Gasteiger partial charge in [-0.1, -0.05) is 41.7 Å². The minimum atomic E-state index is -0.000506. The van der Waals surface area contributed by atoms with Crippen molar-refractivity contribution in [2.24, 2.45) is 0 Å². The maximum atomic E-state index is 12.0. The van der Waals surface area contributed by atoms with Gasteiger partial charge in [0.15, 0.2) is 0 Å². The maximum Gasteiger partial charge on any atom is 0.308 e. The van der Waals surface area contributed by atoms with Crippen LogP contribution < -0.4 is 4.87 Å². The zero-order chi connectivity index (χ0) is 12.5. The van der Waals surface area contributed by atoms with Crippen LogP contribution >= 0.6 is 11.3 Å². The van der Waals surface area contributed by atoms with Gasteiger partial charge in [0, 0.05) is 0 Å². The molecule has 4 heteroatoms. The van der Waals surface area contributed by atoms with Gasteiger partial charge in [0.1, 0.15) is 5.75 Å². The third kappa shape index (κ3) is 1.91. The number of thiazole rings is 1. The molecule has 0 radical (unpaired) electrons. The summed E-state index contributed by atoms with van der Waals surface area (Å²) in [7, 11) is 0. The first-order valence-corrected chi connectivity index (χ1v) is 6.42. The van der Waals surface area contributed by atoms with E-state index in [1.807, 2.05) is 30.3 Å². The summed E-state index contributed by atoms with van der Waals surface area (Å²) in [6.07, 6.45) is 0. The third-order valence-corrected chi connectivity index (χ3v) is 3.78. The summed E-state index contributed by atoms with van der Waals surface area (Å²) >= 11 is 1.16. The van der Waals surface area contributed by atoms with Crippen molar-refractivity contribution in [1.29, 1.82) is 0 Å². The predicted octanol–water partition coefficient (Wildman–Crippen LogP) is 2.82. The Hall–Kier alpha value is -2.07. The Kier molecular flexibility index (Phi) is 2.64. The van der Waals surface area contributed by atoms with Crippen LogP contribution in [0.25, 0.3) is 10.2 Å². The van der Waals surface area contributed by atoms with E-state index in [9.17, 15) is 9.90 Å². The summed E-state index contributed by atoms with van der Waals surface area (Å²) < 4.78 is 2.55. The summed E-state index contributed by atoms with van der Waals surface area (Å²) in [6.45, 7) is 0.560. The molecule has 2 aromatic carbocycles. The number of rotatable bonds is 2. The fourth-order valence-electron chi connectivity index (χ4n) is 1.97. The molecule has 0 unspecified atom stereocenters. The number of benzene rings is 2. The van der Waals surface area contributed by atoms with E-state index in [1.165, 1.54) is 0 Å². The molecule has 3 nitrogen and oxygen atoms in total. The second kappa shape index (κ2) is 4.31. The number of aromatic hydroxyl groups is 1. The van der Waals surface area contributed by atoms with Crippen molar-refractivity contribution in [3.63, 3.8) is 0 Å². The fraction of sp³-hybridized carbons (Fsp3) is 0.0714. The van der Waals surface area contributed by atoms with Gasteiger partial charge in [0.2, 0.25) is 0 Å². The van der Waals surface area contributed by atoms with Crippen molar-refractivity contribution in [2.75, 3.05) is 0 Å². The zero-order valence-electron chi connectivity index (χ0n) is 9.54. The minimum absolute atomic E-state index is 0.000506. The number of nitrogens with zero attached hydrogens (tertiary/aromatic N) is 1. The van der Waals surface area contributed by atoms with Gasteiger partial charge in [-0.15, -0.1) is 0 Å². The van der Waals surface area contributed by atoms with E-state index in [0.717, 1.165) is 27.1 Å². The molecule has 0 atom stereocenters. The van der Waals surface area contributed by atoms with Crippen molar-refractivity contribution in [3.05, 3.63) is 63.8 Å². The van der Waals surface area contributed by atoms with E-state index < -0.39 is 0 Å². The Morgan fingerprint density at radius 3 is 2.67 bits per heavy atom. The van der Waals surface area contributed by atoms with Crippen molar-refractivity contribution in [2.45, 2.75) is 6.54 Å². The number of aromatic nitrogens is 1. The number of fused-ring (bicyclic) bond motifs is 1. The van der Waals surface area contributed by atoms with Crippen molar-refractivity contribution >= 4 is 21.6 Å². The molecular formula is C14H11NO2S. The van der Waals surface area contributed by atoms with Gasteiger partial charge < -0.3 is 5.11 Å². The lowest BCUT2D eigenvalue weighted by Gasteiger charge is -2.03. The lowest BCUT2D eigenvalue weighted by atomic mass is 10.2. The molecule has 0 aliphatic heterocycles. The van der Waals surface area contributed by atoms with E-state index in [4.69, 9.17) is 0 Å². The first kappa shape index (κ1) is 11.0. The molecule has 3 rings (SSSR count). The van der Waals surface area contributed by atoms with Gasteiger partial charge in [-0.2, -0.15) is 0 Å². The van der Waals surface area contributed by atoms with Crippen LogP contribution in [0.3, 0.4) is 0 Å². The molecule has 3 aromatic rings. The van der Waals surface area contributed by atoms with Gasteiger partial charge in [0.05, 0.1) is 16.8 Å². The van der Waals surface area contributed by atoms with Gasteiger partial charge in [0.25, 0.3) is 0 Å². The van der Waals surface area contributed by atoms with Crippen LogP contribution in [0, 0.1) is 0 Å². The maximum absolute atomic E-state index is 12.0. The lowest BCUT2D eigenvalue weighted by Crippen LogP contribution is -2.13. The summed E-state index contributed by atoms with van der Waals surface area (Å²) in [5.41, 5.74) is 1.96. The van der Waals surface area contributed by atoms with Crippen LogP contribution in [0.2, 0.25) is 0 Å². The topological polar surface area (TPSA) is 42.2 Å². The van der Waals surface area contributed by atoms with E-state index >= 15 is 0 Å². The van der Waals surface area contributed by atoms with Gasteiger partial charge in [-0.25, -0.2) is 0 Å². The lowest BCUT2D eigenvalue weighted by molar-refractivity contribution is 0.476.